The fourth-order valence-electron chi connectivity index (χ4n) is 2.74. The highest BCUT2D eigenvalue weighted by atomic mass is 16.5. The standard InChI is InChI=1S/C17H27NO2/c1-13(2)17(16(18)15-6-4-3-5-7-15)20-12-14-8-10-19-11-9-14/h3-7,13-14,16-17H,8-12,18H2,1-2H3. The van der Waals surface area contributed by atoms with Crippen molar-refractivity contribution in [2.24, 2.45) is 17.6 Å². The SMILES string of the molecule is CC(C)C(OCC1CCOCC1)C(N)c1ccccc1. The predicted octanol–water partition coefficient (Wildman–Crippen LogP) is 3.15. The zero-order valence-electron chi connectivity index (χ0n) is 12.6. The Hall–Kier alpha value is -0.900. The Morgan fingerprint density at radius 1 is 1.20 bits per heavy atom. The van der Waals surface area contributed by atoms with E-state index in [0.29, 0.717) is 11.8 Å². The van der Waals surface area contributed by atoms with Crippen LogP contribution in [0.1, 0.15) is 38.3 Å². The monoisotopic (exact) mass is 277 g/mol. The van der Waals surface area contributed by atoms with E-state index in [1.54, 1.807) is 0 Å². The molecule has 2 N–H and O–H groups in total. The molecule has 1 aromatic carbocycles. The lowest BCUT2D eigenvalue weighted by molar-refractivity contribution is -0.0376. The van der Waals surface area contributed by atoms with E-state index in [0.717, 1.165) is 38.2 Å². The van der Waals surface area contributed by atoms with Crippen molar-refractivity contribution in [1.29, 1.82) is 0 Å². The van der Waals surface area contributed by atoms with Gasteiger partial charge < -0.3 is 15.2 Å². The summed E-state index contributed by atoms with van der Waals surface area (Å²) in [5.41, 5.74) is 7.56. The average molecular weight is 277 g/mol. The summed E-state index contributed by atoms with van der Waals surface area (Å²) in [7, 11) is 0. The summed E-state index contributed by atoms with van der Waals surface area (Å²) < 4.78 is 11.6. The van der Waals surface area contributed by atoms with Crippen molar-refractivity contribution >= 4 is 0 Å². The Bertz CT molecular complexity index is 374. The largest absolute Gasteiger partial charge is 0.381 e. The summed E-state index contributed by atoms with van der Waals surface area (Å²) in [5.74, 6) is 1.03. The van der Waals surface area contributed by atoms with Crippen LogP contribution in [0.4, 0.5) is 0 Å². The Balaban J connectivity index is 1.92. The van der Waals surface area contributed by atoms with Crippen molar-refractivity contribution in [3.63, 3.8) is 0 Å². The van der Waals surface area contributed by atoms with Gasteiger partial charge in [0.25, 0.3) is 0 Å². The number of benzene rings is 1. The molecule has 1 aromatic rings. The van der Waals surface area contributed by atoms with Crippen molar-refractivity contribution in [1.82, 2.24) is 0 Å². The Labute approximate surface area is 122 Å². The van der Waals surface area contributed by atoms with Crippen molar-refractivity contribution < 1.29 is 9.47 Å². The van der Waals surface area contributed by atoms with Gasteiger partial charge in [-0.1, -0.05) is 44.2 Å². The minimum atomic E-state index is -0.0592. The van der Waals surface area contributed by atoms with Crippen LogP contribution >= 0.6 is 0 Å². The third kappa shape index (κ3) is 4.30. The highest BCUT2D eigenvalue weighted by molar-refractivity contribution is 5.19. The van der Waals surface area contributed by atoms with Gasteiger partial charge in [-0.3, -0.25) is 0 Å². The molecule has 1 aliphatic rings. The van der Waals surface area contributed by atoms with Gasteiger partial charge in [0.05, 0.1) is 18.8 Å². The van der Waals surface area contributed by atoms with E-state index in [2.05, 4.69) is 26.0 Å². The van der Waals surface area contributed by atoms with Gasteiger partial charge in [0.1, 0.15) is 0 Å². The fourth-order valence-corrected chi connectivity index (χ4v) is 2.74. The van der Waals surface area contributed by atoms with Gasteiger partial charge in [-0.25, -0.2) is 0 Å². The molecule has 0 amide bonds. The maximum absolute atomic E-state index is 6.41. The second kappa shape index (κ2) is 7.77. The molecule has 2 atom stereocenters. The molecule has 2 unspecified atom stereocenters. The molecule has 0 spiro atoms. The first kappa shape index (κ1) is 15.5. The van der Waals surface area contributed by atoms with Crippen molar-refractivity contribution in [2.45, 2.75) is 38.8 Å². The van der Waals surface area contributed by atoms with Gasteiger partial charge in [-0.15, -0.1) is 0 Å². The molecule has 1 fully saturated rings. The predicted molar refractivity (Wildman–Crippen MR) is 81.5 cm³/mol. The first-order valence-corrected chi connectivity index (χ1v) is 7.68. The van der Waals surface area contributed by atoms with Crippen molar-refractivity contribution in [2.75, 3.05) is 19.8 Å². The topological polar surface area (TPSA) is 44.5 Å². The molecule has 0 bridgehead atoms. The van der Waals surface area contributed by atoms with Crippen LogP contribution in [-0.2, 0) is 9.47 Å². The zero-order valence-corrected chi connectivity index (χ0v) is 12.6. The van der Waals surface area contributed by atoms with E-state index in [9.17, 15) is 0 Å². The van der Waals surface area contributed by atoms with Gasteiger partial charge in [0.15, 0.2) is 0 Å². The molecule has 2 rings (SSSR count). The molecular formula is C17H27NO2. The van der Waals surface area contributed by atoms with E-state index >= 15 is 0 Å². The quantitative estimate of drug-likeness (QED) is 0.868. The molecule has 0 radical (unpaired) electrons. The number of rotatable bonds is 6. The van der Waals surface area contributed by atoms with Gasteiger partial charge in [-0.2, -0.15) is 0 Å². The molecule has 0 saturated carbocycles. The summed E-state index contributed by atoms with van der Waals surface area (Å²) in [4.78, 5) is 0. The second-order valence-electron chi connectivity index (χ2n) is 6.03. The average Bonchev–Trinajstić information content (AvgIpc) is 2.49. The Kier molecular flexibility index (Phi) is 6.02. The summed E-state index contributed by atoms with van der Waals surface area (Å²) >= 11 is 0. The minimum Gasteiger partial charge on any atom is -0.381 e. The van der Waals surface area contributed by atoms with Crippen LogP contribution in [0, 0.1) is 11.8 Å². The first-order chi connectivity index (χ1) is 9.68. The molecule has 3 heteroatoms. The van der Waals surface area contributed by atoms with E-state index in [-0.39, 0.29) is 12.1 Å². The molecule has 0 aromatic heterocycles. The van der Waals surface area contributed by atoms with Crippen LogP contribution in [0.15, 0.2) is 30.3 Å². The third-order valence-corrected chi connectivity index (χ3v) is 4.06. The molecule has 112 valence electrons. The highest BCUT2D eigenvalue weighted by Gasteiger charge is 2.25. The maximum atomic E-state index is 6.41. The molecule has 1 heterocycles. The van der Waals surface area contributed by atoms with E-state index in [1.165, 1.54) is 0 Å². The van der Waals surface area contributed by atoms with Gasteiger partial charge in [0, 0.05) is 13.2 Å². The van der Waals surface area contributed by atoms with Crippen LogP contribution in [0.2, 0.25) is 0 Å². The lowest BCUT2D eigenvalue weighted by Gasteiger charge is -2.30. The van der Waals surface area contributed by atoms with Crippen LogP contribution < -0.4 is 5.73 Å². The molecule has 1 saturated heterocycles. The van der Waals surface area contributed by atoms with Gasteiger partial charge >= 0.3 is 0 Å². The highest BCUT2D eigenvalue weighted by Crippen LogP contribution is 2.24. The lowest BCUT2D eigenvalue weighted by atomic mass is 9.93. The lowest BCUT2D eigenvalue weighted by Crippen LogP contribution is -2.35. The second-order valence-corrected chi connectivity index (χ2v) is 6.03. The van der Waals surface area contributed by atoms with Gasteiger partial charge in [0.2, 0.25) is 0 Å². The Morgan fingerprint density at radius 3 is 2.45 bits per heavy atom. The van der Waals surface area contributed by atoms with E-state index in [1.807, 2.05) is 18.2 Å². The Morgan fingerprint density at radius 2 is 1.85 bits per heavy atom. The summed E-state index contributed by atoms with van der Waals surface area (Å²) in [5, 5.41) is 0. The third-order valence-electron chi connectivity index (χ3n) is 4.06. The van der Waals surface area contributed by atoms with Crippen LogP contribution in [-0.4, -0.2) is 25.9 Å². The molecule has 1 aliphatic heterocycles. The number of hydrogen-bond donors (Lipinski definition) is 1. The summed E-state index contributed by atoms with van der Waals surface area (Å²) in [6, 6.07) is 10.2. The van der Waals surface area contributed by atoms with Crippen molar-refractivity contribution in [3.8, 4) is 0 Å². The van der Waals surface area contributed by atoms with E-state index < -0.39 is 0 Å². The zero-order chi connectivity index (χ0) is 14.4. The van der Waals surface area contributed by atoms with Crippen LogP contribution in [0.5, 0.6) is 0 Å². The maximum Gasteiger partial charge on any atom is 0.0790 e. The first-order valence-electron chi connectivity index (χ1n) is 7.68. The summed E-state index contributed by atoms with van der Waals surface area (Å²) in [6.45, 7) is 6.89. The minimum absolute atomic E-state index is 0.0592. The van der Waals surface area contributed by atoms with Crippen LogP contribution in [0.25, 0.3) is 0 Å². The van der Waals surface area contributed by atoms with Crippen molar-refractivity contribution in [3.05, 3.63) is 35.9 Å². The van der Waals surface area contributed by atoms with Gasteiger partial charge in [-0.05, 0) is 30.2 Å². The molecule has 20 heavy (non-hydrogen) atoms. The molecule has 0 aliphatic carbocycles. The smallest absolute Gasteiger partial charge is 0.0790 e. The summed E-state index contributed by atoms with van der Waals surface area (Å²) in [6.07, 6.45) is 2.27. The van der Waals surface area contributed by atoms with E-state index in [4.69, 9.17) is 15.2 Å². The normalized spacial score (nSPS) is 20.0. The number of hydrogen-bond acceptors (Lipinski definition) is 3. The van der Waals surface area contributed by atoms with Crippen LogP contribution in [0.3, 0.4) is 0 Å². The molecular weight excluding hydrogens is 250 g/mol. The molecule has 3 nitrogen and oxygen atoms in total. The number of ether oxygens (including phenoxy) is 2. The number of nitrogens with two attached hydrogens (primary N) is 1. The fraction of sp³-hybridized carbons (Fsp3) is 0.647.